The fraction of sp³-hybridized carbons (Fsp3) is 0.667. The molecular weight excluding hydrogens is 311 g/mol. The van der Waals surface area contributed by atoms with E-state index in [1.807, 2.05) is 0 Å². The molecule has 0 amide bonds. The average molecular weight is 320 g/mol. The van der Waals surface area contributed by atoms with Crippen LogP contribution < -0.4 is 0 Å². The molecule has 20 heavy (non-hydrogen) atoms. The van der Waals surface area contributed by atoms with Crippen molar-refractivity contribution in [3.63, 3.8) is 0 Å². The van der Waals surface area contributed by atoms with Crippen molar-refractivity contribution in [2.45, 2.75) is 31.6 Å². The zero-order valence-electron chi connectivity index (χ0n) is 10.2. The molecule has 0 N–H and O–H groups in total. The van der Waals surface area contributed by atoms with E-state index in [-0.39, 0.29) is 0 Å². The summed E-state index contributed by atoms with van der Waals surface area (Å²) in [4.78, 5) is 10.1. The van der Waals surface area contributed by atoms with Gasteiger partial charge < -0.3 is 4.74 Å². The van der Waals surface area contributed by atoms with E-state index in [1.165, 1.54) is 0 Å². The summed E-state index contributed by atoms with van der Waals surface area (Å²) in [5, 5.41) is 0. The Balaban J connectivity index is 0. The predicted molar refractivity (Wildman–Crippen MR) is 48.6 cm³/mol. The van der Waals surface area contributed by atoms with Crippen LogP contribution in [0.25, 0.3) is 0 Å². The maximum absolute atomic E-state index is 12.4. The number of carbonyl (C=O) groups is 1. The highest BCUT2D eigenvalue weighted by molar-refractivity contribution is 5.79. The van der Waals surface area contributed by atoms with E-state index in [0.29, 0.717) is 14.0 Å². The van der Waals surface area contributed by atoms with Crippen LogP contribution in [-0.2, 0) is 9.53 Å². The highest BCUT2D eigenvalue weighted by Crippen LogP contribution is 2.45. The van der Waals surface area contributed by atoms with E-state index in [9.17, 15) is 44.3 Å². The molecule has 0 radical (unpaired) electrons. The number of allylic oxidation sites excluding steroid dienone is 1. The van der Waals surface area contributed by atoms with Crippen LogP contribution in [0, 0.1) is 0 Å². The Morgan fingerprint density at radius 3 is 1.40 bits per heavy atom. The van der Waals surface area contributed by atoms with Crippen molar-refractivity contribution in [3.05, 3.63) is 11.9 Å². The van der Waals surface area contributed by atoms with Crippen molar-refractivity contribution in [1.82, 2.24) is 0 Å². The number of esters is 1. The van der Waals surface area contributed by atoms with Crippen molar-refractivity contribution in [1.29, 1.82) is 0 Å². The molecule has 0 saturated carbocycles. The largest absolute Gasteiger partial charge is 0.464 e. The van der Waals surface area contributed by atoms with E-state index < -0.39 is 42.6 Å². The molecule has 0 heterocycles. The Hall–Kier alpha value is -1.42. The minimum atomic E-state index is -5.78. The van der Waals surface area contributed by atoms with Gasteiger partial charge in [-0.05, 0) is 6.92 Å². The maximum atomic E-state index is 12.4. The number of hydrogen-bond acceptors (Lipinski definition) is 2. The van der Waals surface area contributed by atoms with Crippen LogP contribution in [0.1, 0.15) is 13.8 Å². The Labute approximate surface area is 107 Å². The maximum Gasteiger partial charge on any atom is 0.410 e. The molecule has 0 aromatic heterocycles. The van der Waals surface area contributed by atoms with Gasteiger partial charge in [0.25, 0.3) is 0 Å². The van der Waals surface area contributed by atoms with Gasteiger partial charge in [0.15, 0.2) is 5.83 Å². The van der Waals surface area contributed by atoms with Crippen LogP contribution in [0.4, 0.5) is 39.5 Å². The molecule has 0 aromatic rings. The summed E-state index contributed by atoms with van der Waals surface area (Å²) < 4.78 is 109. The molecular formula is C9H9F9O2. The molecule has 0 aliphatic heterocycles. The molecule has 0 bridgehead atoms. The fourth-order valence-corrected chi connectivity index (χ4v) is 0.532. The summed E-state index contributed by atoms with van der Waals surface area (Å²) in [6, 6.07) is 0. The smallest absolute Gasteiger partial charge is 0.410 e. The van der Waals surface area contributed by atoms with Gasteiger partial charge in [0.1, 0.15) is 0 Å². The van der Waals surface area contributed by atoms with Crippen LogP contribution in [0.3, 0.4) is 0 Å². The molecule has 0 rings (SSSR count). The second-order valence-electron chi connectivity index (χ2n) is 3.32. The minimum absolute atomic E-state index is 0.389. The standard InChI is InChI=1S/C6H6F6O2.C3H3F3/c1-4(7,8)6(11,12)5(9,10)3(13)14-2;1-2(4)3(5)6/h1-2H3;1H3. The van der Waals surface area contributed by atoms with E-state index in [1.54, 1.807) is 0 Å². The quantitative estimate of drug-likeness (QED) is 0.576. The van der Waals surface area contributed by atoms with Crippen LogP contribution >= 0.6 is 0 Å². The lowest BCUT2D eigenvalue weighted by atomic mass is 10.1. The number of hydrogen-bond donors (Lipinski definition) is 0. The van der Waals surface area contributed by atoms with Gasteiger partial charge in [0, 0.05) is 6.92 Å². The van der Waals surface area contributed by atoms with Gasteiger partial charge in [-0.3, -0.25) is 0 Å². The first-order valence-corrected chi connectivity index (χ1v) is 4.52. The van der Waals surface area contributed by atoms with E-state index in [2.05, 4.69) is 4.74 Å². The summed E-state index contributed by atoms with van der Waals surface area (Å²) in [7, 11) is 0.389. The van der Waals surface area contributed by atoms with Gasteiger partial charge in [-0.15, -0.1) is 0 Å². The summed E-state index contributed by atoms with van der Waals surface area (Å²) in [5.41, 5.74) is 0. The number of rotatable bonds is 3. The van der Waals surface area contributed by atoms with Gasteiger partial charge >= 0.3 is 29.8 Å². The topological polar surface area (TPSA) is 26.3 Å². The highest BCUT2D eigenvalue weighted by atomic mass is 19.3. The van der Waals surface area contributed by atoms with Crippen LogP contribution in [0.15, 0.2) is 11.9 Å². The second kappa shape index (κ2) is 6.84. The summed E-state index contributed by atoms with van der Waals surface area (Å²) in [6.45, 7) is 0.291. The summed E-state index contributed by atoms with van der Waals surface area (Å²) in [5.74, 6) is -20.5. The summed E-state index contributed by atoms with van der Waals surface area (Å²) in [6.07, 6.45) is -2.24. The minimum Gasteiger partial charge on any atom is -0.464 e. The van der Waals surface area contributed by atoms with Gasteiger partial charge in [-0.25, -0.2) is 9.18 Å². The number of halogens is 9. The lowest BCUT2D eigenvalue weighted by Crippen LogP contribution is -2.57. The molecule has 120 valence electrons. The normalized spacial score (nSPS) is 12.2. The average Bonchev–Trinajstić information content (AvgIpc) is 2.26. The first-order valence-electron chi connectivity index (χ1n) is 4.52. The third kappa shape index (κ3) is 4.93. The number of methoxy groups -OCH3 is 1. The SMILES string of the molecule is CC(F)=C(F)F.COC(=O)C(F)(F)C(F)(F)C(C)(F)F. The van der Waals surface area contributed by atoms with E-state index in [4.69, 9.17) is 0 Å². The molecule has 0 unspecified atom stereocenters. The van der Waals surface area contributed by atoms with Crippen molar-refractivity contribution in [2.75, 3.05) is 7.11 Å². The lowest BCUT2D eigenvalue weighted by molar-refractivity contribution is -0.298. The molecule has 11 heteroatoms. The van der Waals surface area contributed by atoms with Crippen molar-refractivity contribution in [3.8, 4) is 0 Å². The van der Waals surface area contributed by atoms with Gasteiger partial charge in [-0.1, -0.05) is 0 Å². The molecule has 0 spiro atoms. The predicted octanol–water partition coefficient (Wildman–Crippen LogP) is 4.17. The Bertz CT molecular complexity index is 352. The molecule has 2 nitrogen and oxygen atoms in total. The molecule has 0 fully saturated rings. The summed E-state index contributed by atoms with van der Waals surface area (Å²) >= 11 is 0. The second-order valence-corrected chi connectivity index (χ2v) is 3.32. The van der Waals surface area contributed by atoms with Crippen molar-refractivity contribution in [2.24, 2.45) is 0 Å². The molecule has 0 atom stereocenters. The third-order valence-corrected chi connectivity index (χ3v) is 1.65. The first kappa shape index (κ1) is 20.9. The fourth-order valence-electron chi connectivity index (χ4n) is 0.532. The Morgan fingerprint density at radius 1 is 0.950 bits per heavy atom. The number of ether oxygens (including phenoxy) is 1. The van der Waals surface area contributed by atoms with Crippen LogP contribution in [0.2, 0.25) is 0 Å². The van der Waals surface area contributed by atoms with Crippen molar-refractivity contribution >= 4 is 5.97 Å². The zero-order valence-corrected chi connectivity index (χ0v) is 10.2. The monoisotopic (exact) mass is 320 g/mol. The number of alkyl halides is 6. The third-order valence-electron chi connectivity index (χ3n) is 1.65. The number of carbonyl (C=O) groups excluding carboxylic acids is 1. The van der Waals surface area contributed by atoms with E-state index in [0.717, 1.165) is 0 Å². The van der Waals surface area contributed by atoms with Crippen LogP contribution in [-0.4, -0.2) is 30.8 Å². The molecule has 0 aliphatic carbocycles. The Morgan fingerprint density at radius 2 is 1.25 bits per heavy atom. The lowest BCUT2D eigenvalue weighted by Gasteiger charge is -2.28. The van der Waals surface area contributed by atoms with Gasteiger partial charge in [-0.2, -0.15) is 35.1 Å². The molecule has 0 saturated heterocycles. The van der Waals surface area contributed by atoms with E-state index >= 15 is 0 Å². The van der Waals surface area contributed by atoms with Gasteiger partial charge in [0.2, 0.25) is 0 Å². The molecule has 0 aromatic carbocycles. The molecule has 0 aliphatic rings. The Kier molecular flexibility index (Phi) is 7.14. The van der Waals surface area contributed by atoms with Crippen molar-refractivity contribution < 1.29 is 49.0 Å². The van der Waals surface area contributed by atoms with Crippen LogP contribution in [0.5, 0.6) is 0 Å². The highest BCUT2D eigenvalue weighted by Gasteiger charge is 2.73. The van der Waals surface area contributed by atoms with Gasteiger partial charge in [0.05, 0.1) is 7.11 Å². The zero-order chi connectivity index (χ0) is 16.9. The first-order chi connectivity index (χ1) is 8.62.